The zero-order chi connectivity index (χ0) is 50.8. The van der Waals surface area contributed by atoms with Crippen LogP contribution in [0.15, 0.2) is 73.7 Å². The number of carbonyl (C=O) groups is 8. The van der Waals surface area contributed by atoms with Gasteiger partial charge in [-0.2, -0.15) is 0 Å². The van der Waals surface area contributed by atoms with Gasteiger partial charge in [0, 0.05) is 125 Å². The third-order valence-corrected chi connectivity index (χ3v) is 10.9. The summed E-state index contributed by atoms with van der Waals surface area (Å²) < 4.78 is 9.35. The molecule has 0 fully saturated rings. The van der Waals surface area contributed by atoms with E-state index >= 15 is 0 Å². The summed E-state index contributed by atoms with van der Waals surface area (Å²) >= 11 is 0. The molecule has 0 unspecified atom stereocenters. The van der Waals surface area contributed by atoms with Crippen molar-refractivity contribution < 1.29 is 38.4 Å². The summed E-state index contributed by atoms with van der Waals surface area (Å²) in [5.74, 6) is -2.98. The number of nitrogens with zero attached hydrogens (tertiary/aromatic N) is 8. The molecule has 24 heteroatoms. The molecule has 0 spiro atoms. The number of rotatable bonds is 21. The maximum Gasteiger partial charge on any atom is 0.291 e. The van der Waals surface area contributed by atoms with Gasteiger partial charge in [0.2, 0.25) is 11.8 Å². The smallest absolute Gasteiger partial charge is 0.291 e. The summed E-state index contributed by atoms with van der Waals surface area (Å²) in [4.78, 5) is 109. The van der Waals surface area contributed by atoms with Crippen molar-refractivity contribution in [2.24, 2.45) is 42.3 Å². The number of aromatic nitrogens is 7. The lowest BCUT2D eigenvalue weighted by molar-refractivity contribution is -0.121. The van der Waals surface area contributed by atoms with Crippen LogP contribution in [0.4, 0.5) is 28.4 Å². The Morgan fingerprint density at radius 3 is 1.23 bits per heavy atom. The fourth-order valence-electron chi connectivity index (χ4n) is 7.30. The van der Waals surface area contributed by atoms with Crippen LogP contribution in [0.2, 0.25) is 0 Å². The quantitative estimate of drug-likeness (QED) is 0.0487. The number of carbonyl (C=O) groups excluding carboxylic acids is 8. The second-order valence-electron chi connectivity index (χ2n) is 16.9. The molecule has 6 aromatic rings. The number of anilines is 5. The molecule has 0 saturated carbocycles. The van der Waals surface area contributed by atoms with Crippen LogP contribution in [-0.4, -0.2) is 125 Å². The van der Waals surface area contributed by atoms with Crippen LogP contribution in [0, 0.1) is 0 Å². The molecule has 0 aromatic carbocycles. The second-order valence-corrected chi connectivity index (χ2v) is 16.9. The van der Waals surface area contributed by atoms with E-state index in [-0.39, 0.29) is 72.0 Å². The molecule has 6 rings (SSSR count). The molecule has 0 atom stereocenters. The Balaban J connectivity index is 0.921. The van der Waals surface area contributed by atoms with Gasteiger partial charge in [-0.15, -0.1) is 0 Å². The maximum atomic E-state index is 13.3. The van der Waals surface area contributed by atoms with Gasteiger partial charge in [0.25, 0.3) is 35.4 Å². The van der Waals surface area contributed by atoms with Gasteiger partial charge in [0.1, 0.15) is 28.5 Å². The monoisotopic (exact) mass is 962 g/mol. The van der Waals surface area contributed by atoms with Gasteiger partial charge in [-0.1, -0.05) is 0 Å². The minimum Gasteiger partial charge on any atom is -0.355 e. The Bertz CT molecular complexity index is 2940. The highest BCUT2D eigenvalue weighted by molar-refractivity contribution is 6.09. The van der Waals surface area contributed by atoms with Crippen LogP contribution < -0.4 is 42.5 Å². The van der Waals surface area contributed by atoms with Crippen molar-refractivity contribution in [3.8, 4) is 0 Å². The average molecular weight is 963 g/mol. The Morgan fingerprint density at radius 2 is 0.829 bits per heavy atom. The second kappa shape index (κ2) is 22.4. The fourth-order valence-corrected chi connectivity index (χ4v) is 7.30. The van der Waals surface area contributed by atoms with Crippen molar-refractivity contribution in [2.45, 2.75) is 19.3 Å². The van der Waals surface area contributed by atoms with Gasteiger partial charge in [-0.3, -0.25) is 38.4 Å². The van der Waals surface area contributed by atoms with Crippen LogP contribution in [-0.2, 0) is 51.9 Å². The first-order chi connectivity index (χ1) is 33.3. The molecule has 8 N–H and O–H groups in total. The number of nitrogens with one attached hydrogen (secondary N) is 8. The Kier molecular flexibility index (Phi) is 16.2. The molecular formula is C46H58N16O8. The lowest BCUT2D eigenvalue weighted by atomic mass is 10.2. The number of imidazole rings is 1. The summed E-state index contributed by atoms with van der Waals surface area (Å²) in [6.45, 7) is 1.53. The van der Waals surface area contributed by atoms with Crippen LogP contribution >= 0.6 is 0 Å². The number of hydrogen-bond acceptors (Lipinski definition) is 10. The van der Waals surface area contributed by atoms with Gasteiger partial charge in [-0.05, 0) is 50.8 Å². The van der Waals surface area contributed by atoms with Gasteiger partial charge in [0.05, 0.1) is 28.4 Å². The molecular weight excluding hydrogens is 905 g/mol. The SMILES string of the molecule is CN(C)CCNC(=O)CCNC(=O)c1cc(NC(=O)c2cc(NC(=O)c3cc(NC(=O)CCCNC(=O)c4cc(NC(=O)c5cc(NC(=O)c6nccn6C)cn5C)cn4C)cn3C)cn2C)cn1C. The zero-order valence-electron chi connectivity index (χ0n) is 40.2. The highest BCUT2D eigenvalue weighted by Gasteiger charge is 2.21. The average Bonchev–Trinajstić information content (AvgIpc) is 4.16. The molecule has 0 bridgehead atoms. The van der Waals surface area contributed by atoms with Crippen molar-refractivity contribution in [1.29, 1.82) is 0 Å². The molecule has 6 heterocycles. The van der Waals surface area contributed by atoms with E-state index in [0.29, 0.717) is 47.9 Å². The van der Waals surface area contributed by atoms with Crippen LogP contribution in [0.3, 0.4) is 0 Å². The van der Waals surface area contributed by atoms with E-state index in [1.807, 2.05) is 19.0 Å². The van der Waals surface area contributed by atoms with Crippen molar-refractivity contribution >= 4 is 75.7 Å². The predicted octanol–water partition coefficient (Wildman–Crippen LogP) is 2.07. The number of aryl methyl sites for hydroxylation is 6. The normalized spacial score (nSPS) is 11.0. The zero-order valence-corrected chi connectivity index (χ0v) is 40.2. The van der Waals surface area contributed by atoms with Crippen molar-refractivity contribution in [3.63, 3.8) is 0 Å². The van der Waals surface area contributed by atoms with E-state index in [2.05, 4.69) is 47.5 Å². The van der Waals surface area contributed by atoms with E-state index in [1.165, 1.54) is 36.5 Å². The number of likely N-dealkylation sites (N-methyl/N-ethyl adjacent to an activating group) is 1. The molecule has 24 nitrogen and oxygen atoms in total. The molecule has 70 heavy (non-hydrogen) atoms. The summed E-state index contributed by atoms with van der Waals surface area (Å²) in [5.41, 5.74) is 3.14. The highest BCUT2D eigenvalue weighted by atomic mass is 16.2. The predicted molar refractivity (Wildman–Crippen MR) is 261 cm³/mol. The highest BCUT2D eigenvalue weighted by Crippen LogP contribution is 2.21. The van der Waals surface area contributed by atoms with Crippen molar-refractivity contribution in [3.05, 3.63) is 108 Å². The first-order valence-corrected chi connectivity index (χ1v) is 22.1. The standard InChI is InChI=1S/C46H58N16O8/c1-56(2)16-14-47-38(63)11-13-50-42(66)34-20-30(25-59(34)5)53-44(68)36-21-31(26-61(36)7)54-43(67)35-18-28(23-60(35)6)51-39(64)10-9-12-49-41(65)33-19-29(24-58(33)4)52-45(69)37-22-32(27-62(37)8)55-46(70)40-48-15-17-57(40)3/h15,17-27H,9-14,16H2,1-8H3,(H,47,63)(H,49,65)(H,50,66)(H,51,64)(H,52,69)(H,53,68)(H,54,67)(H,55,70). The molecule has 370 valence electrons. The lowest BCUT2D eigenvalue weighted by Crippen LogP contribution is -2.34. The van der Waals surface area contributed by atoms with Gasteiger partial charge in [-0.25, -0.2) is 4.98 Å². The largest absolute Gasteiger partial charge is 0.355 e. The molecule has 0 aliphatic heterocycles. The van der Waals surface area contributed by atoms with Gasteiger partial charge < -0.3 is 74.8 Å². The molecule has 0 aliphatic rings. The molecule has 0 radical (unpaired) electrons. The minimum atomic E-state index is -0.493. The van der Waals surface area contributed by atoms with Crippen molar-refractivity contribution in [2.75, 3.05) is 66.9 Å². The topological polar surface area (TPSA) is 279 Å². The molecule has 0 aliphatic carbocycles. The van der Waals surface area contributed by atoms with E-state index in [1.54, 1.807) is 107 Å². The first kappa shape index (κ1) is 50.7. The Morgan fingerprint density at radius 1 is 0.443 bits per heavy atom. The van der Waals surface area contributed by atoms with Crippen LogP contribution in [0.1, 0.15) is 82.3 Å². The molecule has 8 amide bonds. The van der Waals surface area contributed by atoms with E-state index < -0.39 is 35.4 Å². The molecule has 6 aromatic heterocycles. The van der Waals surface area contributed by atoms with Crippen LogP contribution in [0.5, 0.6) is 0 Å². The fraction of sp³-hybridized carbons (Fsp3) is 0.326. The van der Waals surface area contributed by atoms with Gasteiger partial charge >= 0.3 is 0 Å². The van der Waals surface area contributed by atoms with E-state index in [4.69, 9.17) is 0 Å². The summed E-state index contributed by atoms with van der Waals surface area (Å²) in [5, 5.41) is 22.1. The van der Waals surface area contributed by atoms with Crippen LogP contribution in [0.25, 0.3) is 0 Å². The Labute approximate surface area is 402 Å². The third kappa shape index (κ3) is 13.1. The molecule has 0 saturated heterocycles. The maximum absolute atomic E-state index is 13.3. The minimum absolute atomic E-state index is 0.0656. The van der Waals surface area contributed by atoms with Crippen molar-refractivity contribution in [1.82, 2.24) is 53.2 Å². The summed E-state index contributed by atoms with van der Waals surface area (Å²) in [6, 6.07) is 7.59. The number of amides is 8. The number of hydrogen-bond donors (Lipinski definition) is 8. The van der Waals surface area contributed by atoms with Gasteiger partial charge in [0.15, 0.2) is 5.82 Å². The van der Waals surface area contributed by atoms with E-state index in [9.17, 15) is 38.4 Å². The Hall–Kier alpha value is -8.67. The van der Waals surface area contributed by atoms with E-state index in [0.717, 1.165) is 0 Å². The third-order valence-electron chi connectivity index (χ3n) is 10.9. The lowest BCUT2D eigenvalue weighted by Gasteiger charge is -2.10. The first-order valence-electron chi connectivity index (χ1n) is 22.1. The summed E-state index contributed by atoms with van der Waals surface area (Å²) in [6.07, 6.45) is 11.6. The summed E-state index contributed by atoms with van der Waals surface area (Å²) in [7, 11) is 13.8.